The fourth-order valence-electron chi connectivity index (χ4n) is 2.97. The minimum Gasteiger partial charge on any atom is -0.496 e. The molecule has 2 unspecified atom stereocenters. The normalized spacial score (nSPS) is 27.5. The molecular weight excluding hydrogens is 312 g/mol. The molecule has 0 spiro atoms. The Balaban J connectivity index is 1.91. The van der Waals surface area contributed by atoms with Gasteiger partial charge in [-0.1, -0.05) is 6.07 Å². The van der Waals surface area contributed by atoms with E-state index in [4.69, 9.17) is 14.6 Å². The van der Waals surface area contributed by atoms with Crippen LogP contribution in [0.5, 0.6) is 5.75 Å². The number of methoxy groups -OCH3 is 1. The van der Waals surface area contributed by atoms with E-state index in [9.17, 15) is 4.79 Å². The fourth-order valence-corrected chi connectivity index (χ4v) is 3.51. The molecule has 1 aromatic rings. The number of carbonyl (C=O) groups is 1. The van der Waals surface area contributed by atoms with Gasteiger partial charge < -0.3 is 14.6 Å². The molecule has 0 aromatic heterocycles. The van der Waals surface area contributed by atoms with Gasteiger partial charge in [0.2, 0.25) is 0 Å². The summed E-state index contributed by atoms with van der Waals surface area (Å²) in [6.07, 6.45) is 0.752. The lowest BCUT2D eigenvalue weighted by atomic mass is 9.73. The Kier molecular flexibility index (Phi) is 3.06. The van der Waals surface area contributed by atoms with Crippen molar-refractivity contribution in [2.24, 2.45) is 11.8 Å². The Morgan fingerprint density at radius 1 is 1.53 bits per heavy atom. The first-order valence-corrected chi connectivity index (χ1v) is 7.02. The van der Waals surface area contributed by atoms with Crippen LogP contribution in [0.3, 0.4) is 0 Å². The Labute approximate surface area is 119 Å². The molecule has 1 aromatic carbocycles. The molecule has 2 aliphatic rings. The molecule has 0 radical (unpaired) electrons. The first-order chi connectivity index (χ1) is 9.08. The number of benzene rings is 1. The minimum atomic E-state index is -0.691. The average Bonchev–Trinajstić information content (AvgIpc) is 3.08. The molecule has 2 fully saturated rings. The maximum atomic E-state index is 11.1. The van der Waals surface area contributed by atoms with Crippen molar-refractivity contribution in [3.8, 4) is 5.75 Å². The first-order valence-electron chi connectivity index (χ1n) is 6.23. The highest BCUT2D eigenvalue weighted by atomic mass is 79.9. The highest BCUT2D eigenvalue weighted by Crippen LogP contribution is 2.56. The molecule has 0 amide bonds. The molecule has 1 aliphatic heterocycles. The number of halogens is 1. The van der Waals surface area contributed by atoms with Gasteiger partial charge in [-0.3, -0.25) is 4.79 Å². The second-order valence-electron chi connectivity index (χ2n) is 5.29. The molecule has 5 heteroatoms. The topological polar surface area (TPSA) is 55.8 Å². The third kappa shape index (κ3) is 1.96. The predicted octanol–water partition coefficient (Wildman–Crippen LogP) is 2.45. The Bertz CT molecular complexity index is 524. The minimum absolute atomic E-state index is 0.127. The van der Waals surface area contributed by atoms with Crippen molar-refractivity contribution in [1.82, 2.24) is 0 Å². The summed E-state index contributed by atoms with van der Waals surface area (Å²) in [5.41, 5.74) is 1.01. The van der Waals surface area contributed by atoms with E-state index in [1.807, 2.05) is 18.2 Å². The van der Waals surface area contributed by atoms with Crippen molar-refractivity contribution < 1.29 is 19.4 Å². The van der Waals surface area contributed by atoms with Crippen LogP contribution < -0.4 is 4.74 Å². The molecule has 0 bridgehead atoms. The lowest BCUT2D eigenvalue weighted by molar-refractivity contribution is -0.140. The summed E-state index contributed by atoms with van der Waals surface area (Å²) in [4.78, 5) is 11.1. The van der Waals surface area contributed by atoms with Crippen molar-refractivity contribution >= 4 is 21.9 Å². The smallest absolute Gasteiger partial charge is 0.306 e. The molecule has 1 saturated carbocycles. The Hall–Kier alpha value is -1.07. The van der Waals surface area contributed by atoms with Crippen LogP contribution in [0, 0.1) is 11.8 Å². The number of carboxylic acid groups (broad SMARTS) is 1. The summed E-state index contributed by atoms with van der Waals surface area (Å²) in [5, 5.41) is 9.12. The Morgan fingerprint density at radius 3 is 2.68 bits per heavy atom. The van der Waals surface area contributed by atoms with Crippen molar-refractivity contribution in [2.45, 2.75) is 11.8 Å². The maximum Gasteiger partial charge on any atom is 0.306 e. The molecule has 1 aliphatic carbocycles. The van der Waals surface area contributed by atoms with Crippen LogP contribution >= 0.6 is 15.9 Å². The van der Waals surface area contributed by atoms with E-state index in [1.54, 1.807) is 7.11 Å². The maximum absolute atomic E-state index is 11.1. The quantitative estimate of drug-likeness (QED) is 0.923. The molecular formula is C14H15BrO4. The van der Waals surface area contributed by atoms with E-state index in [0.29, 0.717) is 13.2 Å². The fraction of sp³-hybridized carbons (Fsp3) is 0.500. The van der Waals surface area contributed by atoms with Crippen molar-refractivity contribution in [1.29, 1.82) is 0 Å². The summed E-state index contributed by atoms with van der Waals surface area (Å²) < 4.78 is 11.5. The van der Waals surface area contributed by atoms with E-state index in [0.717, 1.165) is 22.2 Å². The van der Waals surface area contributed by atoms with Gasteiger partial charge in [-0.05, 0) is 46.0 Å². The third-order valence-corrected chi connectivity index (χ3v) is 4.88. The summed E-state index contributed by atoms with van der Waals surface area (Å²) in [6.45, 7) is 1.22. The molecule has 102 valence electrons. The van der Waals surface area contributed by atoms with Gasteiger partial charge in [0.05, 0.1) is 30.7 Å². The van der Waals surface area contributed by atoms with Crippen LogP contribution in [0.1, 0.15) is 12.0 Å². The molecule has 1 N–H and O–H groups in total. The zero-order valence-corrected chi connectivity index (χ0v) is 12.1. The molecule has 2 atom stereocenters. The van der Waals surface area contributed by atoms with Crippen LogP contribution in [0.2, 0.25) is 0 Å². The van der Waals surface area contributed by atoms with Crippen LogP contribution in [0.25, 0.3) is 0 Å². The van der Waals surface area contributed by atoms with Crippen LogP contribution in [0.4, 0.5) is 0 Å². The SMILES string of the molecule is COc1ccc(C2(C3CC3C(=O)O)COC2)cc1Br. The first kappa shape index (κ1) is 12.9. The van der Waals surface area contributed by atoms with Crippen molar-refractivity contribution in [3.63, 3.8) is 0 Å². The van der Waals surface area contributed by atoms with Gasteiger partial charge in [-0.25, -0.2) is 0 Å². The predicted molar refractivity (Wildman–Crippen MR) is 72.4 cm³/mol. The molecule has 1 saturated heterocycles. The second-order valence-corrected chi connectivity index (χ2v) is 6.14. The van der Waals surface area contributed by atoms with Crippen molar-refractivity contribution in [3.05, 3.63) is 28.2 Å². The molecule has 3 rings (SSSR count). The van der Waals surface area contributed by atoms with E-state index in [2.05, 4.69) is 15.9 Å². The van der Waals surface area contributed by atoms with Gasteiger partial charge in [0.15, 0.2) is 0 Å². The zero-order valence-electron chi connectivity index (χ0n) is 10.6. The molecule has 4 nitrogen and oxygen atoms in total. The molecule has 1 heterocycles. The number of hydrogen-bond acceptors (Lipinski definition) is 3. The average molecular weight is 327 g/mol. The van der Waals surface area contributed by atoms with Gasteiger partial charge in [0.1, 0.15) is 5.75 Å². The van der Waals surface area contributed by atoms with Crippen LogP contribution in [-0.2, 0) is 14.9 Å². The highest BCUT2D eigenvalue weighted by Gasteiger charge is 2.60. The van der Waals surface area contributed by atoms with E-state index < -0.39 is 5.97 Å². The van der Waals surface area contributed by atoms with E-state index in [1.165, 1.54) is 0 Å². The summed E-state index contributed by atoms with van der Waals surface area (Å²) in [5.74, 6) is 0.0670. The number of carboxylic acids is 1. The lowest BCUT2D eigenvalue weighted by Gasteiger charge is -2.43. The van der Waals surface area contributed by atoms with E-state index >= 15 is 0 Å². The van der Waals surface area contributed by atoms with Crippen LogP contribution in [-0.4, -0.2) is 31.4 Å². The summed E-state index contributed by atoms with van der Waals surface area (Å²) in [7, 11) is 1.63. The standard InChI is InChI=1S/C14H15BrO4/c1-18-12-3-2-8(4-11(12)15)14(6-19-7-14)10-5-9(10)13(16)17/h2-4,9-10H,5-7H2,1H3,(H,16,17). The molecule has 19 heavy (non-hydrogen) atoms. The highest BCUT2D eigenvalue weighted by molar-refractivity contribution is 9.10. The zero-order chi connectivity index (χ0) is 13.6. The van der Waals surface area contributed by atoms with Gasteiger partial charge in [-0.2, -0.15) is 0 Å². The largest absolute Gasteiger partial charge is 0.496 e. The summed E-state index contributed by atoms with van der Waals surface area (Å²) >= 11 is 3.48. The van der Waals surface area contributed by atoms with E-state index in [-0.39, 0.29) is 17.3 Å². The van der Waals surface area contributed by atoms with Gasteiger partial charge in [0.25, 0.3) is 0 Å². The van der Waals surface area contributed by atoms with Crippen molar-refractivity contribution in [2.75, 3.05) is 20.3 Å². The monoisotopic (exact) mass is 326 g/mol. The van der Waals surface area contributed by atoms with Crippen LogP contribution in [0.15, 0.2) is 22.7 Å². The number of aliphatic carboxylic acids is 1. The second kappa shape index (κ2) is 4.49. The summed E-state index contributed by atoms with van der Waals surface area (Å²) in [6, 6.07) is 5.96. The lowest BCUT2D eigenvalue weighted by Crippen LogP contribution is -2.49. The Morgan fingerprint density at radius 2 is 2.26 bits per heavy atom. The van der Waals surface area contributed by atoms with Gasteiger partial charge in [0, 0.05) is 5.41 Å². The van der Waals surface area contributed by atoms with Gasteiger partial charge in [-0.15, -0.1) is 0 Å². The number of ether oxygens (including phenoxy) is 2. The third-order valence-electron chi connectivity index (χ3n) is 4.26. The number of hydrogen-bond donors (Lipinski definition) is 1. The number of rotatable bonds is 4. The van der Waals surface area contributed by atoms with Gasteiger partial charge >= 0.3 is 5.97 Å².